The Labute approximate surface area is 137 Å². The van der Waals surface area contributed by atoms with Crippen molar-refractivity contribution in [3.05, 3.63) is 34.3 Å². The summed E-state index contributed by atoms with van der Waals surface area (Å²) in [4.78, 5) is 0. The molecule has 0 radical (unpaired) electrons. The second-order valence-corrected chi connectivity index (χ2v) is 4.91. The average Bonchev–Trinajstić information content (AvgIpc) is 2.47. The number of hydrogen-bond donors (Lipinski definition) is 4. The molecule has 6 nitrogen and oxygen atoms in total. The fraction of sp³-hybridized carbons (Fsp3) is 0.143. The van der Waals surface area contributed by atoms with Crippen LogP contribution in [-0.2, 0) is 0 Å². The van der Waals surface area contributed by atoms with E-state index in [4.69, 9.17) is 54.4 Å². The predicted octanol–water partition coefficient (Wildman–Crippen LogP) is 3.27. The molecule has 0 bridgehead atoms. The molecule has 0 saturated heterocycles. The fourth-order valence-electron chi connectivity index (χ4n) is 1.45. The summed E-state index contributed by atoms with van der Waals surface area (Å²) in [5.74, 6) is 0.786. The minimum atomic E-state index is -0.0299. The third-order valence-corrected chi connectivity index (χ3v) is 3.20. The van der Waals surface area contributed by atoms with Crippen LogP contribution in [0.5, 0.6) is 23.0 Å². The molecule has 2 aromatic carbocycles. The Morgan fingerprint density at radius 2 is 1.27 bits per heavy atom. The molecule has 0 heterocycles. The molecule has 0 fully saturated rings. The summed E-state index contributed by atoms with van der Waals surface area (Å²) in [6.45, 7) is 0. The summed E-state index contributed by atoms with van der Waals surface area (Å²) in [5.41, 5.74) is 11.5. The second kappa shape index (κ2) is 7.72. The number of halogens is 2. The maximum atomic E-state index is 9.09. The molecule has 0 unspecified atom stereocenters. The van der Waals surface area contributed by atoms with Gasteiger partial charge in [0.05, 0.1) is 35.6 Å². The van der Waals surface area contributed by atoms with Crippen LogP contribution >= 0.6 is 23.2 Å². The van der Waals surface area contributed by atoms with Crippen molar-refractivity contribution in [2.75, 3.05) is 25.7 Å². The quantitative estimate of drug-likeness (QED) is 0.377. The largest absolute Gasteiger partial charge is 0.506 e. The van der Waals surface area contributed by atoms with Gasteiger partial charge < -0.3 is 31.2 Å². The topological polar surface area (TPSA) is 111 Å². The van der Waals surface area contributed by atoms with E-state index in [2.05, 4.69) is 0 Å². The number of phenols is 2. The maximum absolute atomic E-state index is 9.09. The van der Waals surface area contributed by atoms with E-state index < -0.39 is 0 Å². The smallest absolute Gasteiger partial charge is 0.145 e. The van der Waals surface area contributed by atoms with E-state index in [1.54, 1.807) is 0 Å². The van der Waals surface area contributed by atoms with E-state index in [0.29, 0.717) is 22.2 Å². The molecule has 6 N–H and O–H groups in total. The number of methoxy groups -OCH3 is 2. The second-order valence-electron chi connectivity index (χ2n) is 4.09. The van der Waals surface area contributed by atoms with E-state index in [1.165, 1.54) is 38.5 Å². The molecule has 0 aromatic heterocycles. The normalized spacial score (nSPS) is 9.64. The van der Waals surface area contributed by atoms with Gasteiger partial charge in [0.1, 0.15) is 23.0 Å². The van der Waals surface area contributed by atoms with E-state index in [9.17, 15) is 0 Å². The zero-order valence-electron chi connectivity index (χ0n) is 11.9. The molecule has 2 rings (SSSR count). The van der Waals surface area contributed by atoms with Crippen molar-refractivity contribution in [1.29, 1.82) is 0 Å². The van der Waals surface area contributed by atoms with Gasteiger partial charge in [0.15, 0.2) is 0 Å². The van der Waals surface area contributed by atoms with Gasteiger partial charge >= 0.3 is 0 Å². The highest BCUT2D eigenvalue weighted by Crippen LogP contribution is 2.33. The van der Waals surface area contributed by atoms with Crippen LogP contribution in [0.4, 0.5) is 11.4 Å². The minimum Gasteiger partial charge on any atom is -0.506 e. The highest BCUT2D eigenvalue weighted by Gasteiger charge is 2.05. The number of nitrogens with two attached hydrogens (primary N) is 2. The first kappa shape index (κ1) is 17.9. The summed E-state index contributed by atoms with van der Waals surface area (Å²) in [6.07, 6.45) is 0. The zero-order chi connectivity index (χ0) is 16.9. The lowest BCUT2D eigenvalue weighted by molar-refractivity contribution is 0.408. The number of nitrogen functional groups attached to an aromatic ring is 2. The zero-order valence-corrected chi connectivity index (χ0v) is 13.4. The van der Waals surface area contributed by atoms with Crippen LogP contribution in [0.3, 0.4) is 0 Å². The number of anilines is 2. The van der Waals surface area contributed by atoms with Crippen molar-refractivity contribution in [3.63, 3.8) is 0 Å². The highest BCUT2D eigenvalue weighted by molar-refractivity contribution is 6.32. The summed E-state index contributed by atoms with van der Waals surface area (Å²) in [6, 6.07) is 5.63. The van der Waals surface area contributed by atoms with Crippen LogP contribution in [0.25, 0.3) is 0 Å². The minimum absolute atomic E-state index is 0.0220. The van der Waals surface area contributed by atoms with Crippen LogP contribution in [0.1, 0.15) is 0 Å². The van der Waals surface area contributed by atoms with Crippen molar-refractivity contribution in [1.82, 2.24) is 0 Å². The van der Waals surface area contributed by atoms with Gasteiger partial charge in [-0.25, -0.2) is 0 Å². The summed E-state index contributed by atoms with van der Waals surface area (Å²) >= 11 is 11.2. The van der Waals surface area contributed by atoms with Gasteiger partial charge in [0.25, 0.3) is 0 Å². The first-order valence-corrected chi connectivity index (χ1v) is 6.69. The van der Waals surface area contributed by atoms with E-state index in [1.807, 2.05) is 0 Å². The molecular weight excluding hydrogens is 331 g/mol. The van der Waals surface area contributed by atoms with Gasteiger partial charge in [0, 0.05) is 12.1 Å². The van der Waals surface area contributed by atoms with Gasteiger partial charge in [-0.05, 0) is 12.1 Å². The Morgan fingerprint density at radius 1 is 0.773 bits per heavy atom. The monoisotopic (exact) mass is 346 g/mol. The molecular formula is C14H16Cl2N2O4. The Hall–Kier alpha value is -2.18. The van der Waals surface area contributed by atoms with Crippen LogP contribution in [0.2, 0.25) is 10.0 Å². The predicted molar refractivity (Wildman–Crippen MR) is 88.2 cm³/mol. The summed E-state index contributed by atoms with van der Waals surface area (Å²) < 4.78 is 9.67. The number of rotatable bonds is 2. The Bertz CT molecular complexity index is 608. The molecule has 8 heteroatoms. The lowest BCUT2D eigenvalue weighted by Gasteiger charge is -2.05. The molecule has 0 aliphatic rings. The van der Waals surface area contributed by atoms with Gasteiger partial charge in [0.2, 0.25) is 0 Å². The third kappa shape index (κ3) is 4.41. The van der Waals surface area contributed by atoms with Crippen molar-refractivity contribution in [3.8, 4) is 23.0 Å². The van der Waals surface area contributed by atoms with Gasteiger partial charge in [-0.1, -0.05) is 23.2 Å². The molecule has 22 heavy (non-hydrogen) atoms. The first-order chi connectivity index (χ1) is 10.3. The third-order valence-electron chi connectivity index (χ3n) is 2.60. The van der Waals surface area contributed by atoms with E-state index in [0.717, 1.165) is 0 Å². The molecule has 0 amide bonds. The van der Waals surface area contributed by atoms with Crippen molar-refractivity contribution in [2.45, 2.75) is 0 Å². The Kier molecular flexibility index (Phi) is 6.27. The molecule has 0 saturated carbocycles. The molecule has 0 spiro atoms. The maximum Gasteiger partial charge on any atom is 0.145 e. The van der Waals surface area contributed by atoms with Gasteiger partial charge in [-0.2, -0.15) is 0 Å². The first-order valence-electron chi connectivity index (χ1n) is 5.94. The summed E-state index contributed by atoms with van der Waals surface area (Å²) in [7, 11) is 2.94. The molecule has 0 aliphatic carbocycles. The number of ether oxygens (including phenoxy) is 2. The molecule has 0 atom stereocenters. The van der Waals surface area contributed by atoms with Crippen molar-refractivity contribution in [2.24, 2.45) is 0 Å². The lowest BCUT2D eigenvalue weighted by atomic mass is 10.3. The Morgan fingerprint density at radius 3 is 1.82 bits per heavy atom. The SMILES string of the molecule is COc1cc(O)c(Cl)cc1N.COc1cc(O)c(N)cc1Cl. The number of aromatic hydroxyl groups is 2. The molecule has 120 valence electrons. The molecule has 0 aliphatic heterocycles. The van der Waals surface area contributed by atoms with Crippen molar-refractivity contribution < 1.29 is 19.7 Å². The lowest BCUT2D eigenvalue weighted by Crippen LogP contribution is -1.91. The summed E-state index contributed by atoms with van der Waals surface area (Å²) in [5, 5.41) is 18.8. The molecule has 2 aromatic rings. The van der Waals surface area contributed by atoms with Crippen LogP contribution in [-0.4, -0.2) is 24.4 Å². The number of hydrogen-bond acceptors (Lipinski definition) is 6. The van der Waals surface area contributed by atoms with Crippen molar-refractivity contribution >= 4 is 34.6 Å². The Balaban J connectivity index is 0.000000220. The highest BCUT2D eigenvalue weighted by atomic mass is 35.5. The van der Waals surface area contributed by atoms with Crippen LogP contribution in [0.15, 0.2) is 24.3 Å². The number of benzene rings is 2. The fourth-order valence-corrected chi connectivity index (χ4v) is 1.87. The van der Waals surface area contributed by atoms with Gasteiger partial charge in [-0.3, -0.25) is 0 Å². The number of phenolic OH excluding ortho intramolecular Hbond substituents is 2. The van der Waals surface area contributed by atoms with E-state index in [-0.39, 0.29) is 22.2 Å². The average molecular weight is 347 g/mol. The standard InChI is InChI=1S/2C7H8ClNO2/c1-11-7-3-6(10)5(9)2-4(7)8;1-11-7-3-6(10)4(8)2-5(7)9/h2*2-3,10H,9H2,1H3. The van der Waals surface area contributed by atoms with Crippen LogP contribution in [0, 0.1) is 0 Å². The van der Waals surface area contributed by atoms with E-state index >= 15 is 0 Å². The van der Waals surface area contributed by atoms with Crippen LogP contribution < -0.4 is 20.9 Å². The van der Waals surface area contributed by atoms with Gasteiger partial charge in [-0.15, -0.1) is 0 Å².